The lowest BCUT2D eigenvalue weighted by molar-refractivity contribution is -0.118. The molecule has 1 aliphatic carbocycles. The Kier molecular flexibility index (Phi) is 6.77. The van der Waals surface area contributed by atoms with Gasteiger partial charge < -0.3 is 20.5 Å². The van der Waals surface area contributed by atoms with Crippen molar-refractivity contribution < 1.29 is 33.0 Å². The molecule has 0 bridgehead atoms. The van der Waals surface area contributed by atoms with Crippen molar-refractivity contribution in [1.29, 1.82) is 0 Å². The fourth-order valence-electron chi connectivity index (χ4n) is 4.16. The molecule has 2 amide bonds. The highest BCUT2D eigenvalue weighted by Gasteiger charge is 2.30. The second-order valence-electron chi connectivity index (χ2n) is 8.04. The van der Waals surface area contributed by atoms with E-state index in [0.717, 1.165) is 22.3 Å². The molecular weight excluding hydrogens is 458 g/mol. The summed E-state index contributed by atoms with van der Waals surface area (Å²) in [6.45, 7) is 1.67. The number of amides is 2. The minimum Gasteiger partial charge on any atom is -0.478 e. The number of hydrogen-bond acceptors (Lipinski definition) is 4. The number of halogens is 2. The number of nitrogens with one attached hydrogen (secondary N) is 2. The van der Waals surface area contributed by atoms with E-state index in [9.17, 15) is 23.2 Å². The average molecular weight is 480 g/mol. The van der Waals surface area contributed by atoms with Gasteiger partial charge in [0.05, 0.1) is 11.3 Å². The first-order valence-corrected chi connectivity index (χ1v) is 10.9. The van der Waals surface area contributed by atoms with Gasteiger partial charge in [-0.2, -0.15) is 0 Å². The molecule has 3 aromatic rings. The van der Waals surface area contributed by atoms with Crippen molar-refractivity contribution >= 4 is 23.7 Å². The molecule has 0 radical (unpaired) electrons. The van der Waals surface area contributed by atoms with Crippen LogP contribution in [0.1, 0.15) is 40.7 Å². The summed E-state index contributed by atoms with van der Waals surface area (Å²) in [4.78, 5) is 36.2. The fourth-order valence-corrected chi connectivity index (χ4v) is 4.16. The zero-order valence-electron chi connectivity index (χ0n) is 18.7. The SMILES string of the molecule is CC[C@@H](NC(=O)OCC1c2ccccc2-c2ccccc21)C(=O)Nc1cc(C(=O)O)c(F)cc1F. The summed E-state index contributed by atoms with van der Waals surface area (Å²) in [5.41, 5.74) is 2.91. The summed E-state index contributed by atoms with van der Waals surface area (Å²) in [5, 5.41) is 13.7. The van der Waals surface area contributed by atoms with Crippen molar-refractivity contribution in [2.75, 3.05) is 11.9 Å². The number of aromatic carboxylic acids is 1. The van der Waals surface area contributed by atoms with E-state index in [4.69, 9.17) is 9.84 Å². The van der Waals surface area contributed by atoms with Crippen LogP contribution in [0.5, 0.6) is 0 Å². The van der Waals surface area contributed by atoms with Crippen molar-refractivity contribution in [3.63, 3.8) is 0 Å². The summed E-state index contributed by atoms with van der Waals surface area (Å²) < 4.78 is 33.1. The molecule has 35 heavy (non-hydrogen) atoms. The Bertz CT molecular complexity index is 1270. The maximum Gasteiger partial charge on any atom is 0.407 e. The number of alkyl carbamates (subject to hydrolysis) is 1. The average Bonchev–Trinajstić information content (AvgIpc) is 3.16. The molecule has 0 aromatic heterocycles. The quantitative estimate of drug-likeness (QED) is 0.445. The van der Waals surface area contributed by atoms with Crippen molar-refractivity contribution in [3.8, 4) is 11.1 Å². The van der Waals surface area contributed by atoms with Gasteiger partial charge in [0, 0.05) is 12.0 Å². The minimum absolute atomic E-state index is 0.0481. The number of carbonyl (C=O) groups is 3. The number of ether oxygens (including phenoxy) is 1. The Morgan fingerprint density at radius 3 is 2.14 bits per heavy atom. The number of rotatable bonds is 7. The molecule has 3 N–H and O–H groups in total. The number of carbonyl (C=O) groups excluding carboxylic acids is 2. The predicted octanol–water partition coefficient (Wildman–Crippen LogP) is 4.92. The number of hydrogen-bond donors (Lipinski definition) is 3. The Labute approximate surface area is 199 Å². The van der Waals surface area contributed by atoms with Gasteiger partial charge in [0.1, 0.15) is 24.3 Å². The number of carboxylic acids is 1. The molecule has 0 saturated carbocycles. The van der Waals surface area contributed by atoms with Gasteiger partial charge in [0.15, 0.2) is 0 Å². The predicted molar refractivity (Wildman–Crippen MR) is 124 cm³/mol. The van der Waals surface area contributed by atoms with Gasteiger partial charge >= 0.3 is 12.1 Å². The lowest BCUT2D eigenvalue weighted by atomic mass is 9.98. The second-order valence-corrected chi connectivity index (χ2v) is 8.04. The van der Waals surface area contributed by atoms with E-state index in [1.54, 1.807) is 6.92 Å². The van der Waals surface area contributed by atoms with E-state index in [-0.39, 0.29) is 18.9 Å². The van der Waals surface area contributed by atoms with E-state index in [0.29, 0.717) is 12.1 Å². The van der Waals surface area contributed by atoms with Crippen LogP contribution in [0.15, 0.2) is 60.7 Å². The number of anilines is 1. The van der Waals surface area contributed by atoms with Gasteiger partial charge in [0.25, 0.3) is 0 Å². The van der Waals surface area contributed by atoms with E-state index in [1.807, 2.05) is 48.5 Å². The maximum atomic E-state index is 14.1. The molecule has 4 rings (SSSR count). The Hall–Kier alpha value is -4.27. The third-order valence-corrected chi connectivity index (χ3v) is 5.91. The maximum absolute atomic E-state index is 14.1. The lowest BCUT2D eigenvalue weighted by Gasteiger charge is -2.19. The van der Waals surface area contributed by atoms with E-state index in [2.05, 4.69) is 10.6 Å². The topological polar surface area (TPSA) is 105 Å². The molecule has 0 saturated heterocycles. The molecule has 1 atom stereocenters. The van der Waals surface area contributed by atoms with Gasteiger partial charge in [-0.1, -0.05) is 55.5 Å². The summed E-state index contributed by atoms with van der Waals surface area (Å²) in [6, 6.07) is 15.7. The number of carboxylic acid groups (broad SMARTS) is 1. The van der Waals surface area contributed by atoms with Crippen LogP contribution in [-0.4, -0.2) is 35.7 Å². The second kappa shape index (κ2) is 9.92. The number of fused-ring (bicyclic) bond motifs is 3. The molecule has 0 fully saturated rings. The van der Waals surface area contributed by atoms with E-state index < -0.39 is 46.9 Å². The van der Waals surface area contributed by atoms with Crippen molar-refractivity contribution in [1.82, 2.24) is 5.32 Å². The van der Waals surface area contributed by atoms with Crippen LogP contribution in [0.3, 0.4) is 0 Å². The molecule has 3 aromatic carbocycles. The van der Waals surface area contributed by atoms with Gasteiger partial charge in [-0.05, 0) is 34.7 Å². The molecule has 7 nitrogen and oxygen atoms in total. The first kappa shape index (κ1) is 23.9. The highest BCUT2D eigenvalue weighted by atomic mass is 19.1. The molecule has 180 valence electrons. The van der Waals surface area contributed by atoms with Crippen LogP contribution in [0, 0.1) is 11.6 Å². The lowest BCUT2D eigenvalue weighted by Crippen LogP contribution is -2.44. The smallest absolute Gasteiger partial charge is 0.407 e. The molecule has 0 unspecified atom stereocenters. The van der Waals surface area contributed by atoms with Gasteiger partial charge in [-0.15, -0.1) is 0 Å². The van der Waals surface area contributed by atoms with Crippen molar-refractivity contribution in [2.24, 2.45) is 0 Å². The van der Waals surface area contributed by atoms with Crippen molar-refractivity contribution in [2.45, 2.75) is 25.3 Å². The highest BCUT2D eigenvalue weighted by molar-refractivity contribution is 5.98. The summed E-state index contributed by atoms with van der Waals surface area (Å²) >= 11 is 0. The molecule has 0 heterocycles. The van der Waals surface area contributed by atoms with Gasteiger partial charge in [0.2, 0.25) is 5.91 Å². The molecule has 0 spiro atoms. The summed E-state index contributed by atoms with van der Waals surface area (Å²) in [5.74, 6) is -4.98. The van der Waals surface area contributed by atoms with Crippen LogP contribution >= 0.6 is 0 Å². The zero-order chi connectivity index (χ0) is 25.1. The van der Waals surface area contributed by atoms with Crippen LogP contribution in [0.4, 0.5) is 19.3 Å². The van der Waals surface area contributed by atoms with Gasteiger partial charge in [-0.25, -0.2) is 18.4 Å². The molecule has 9 heteroatoms. The van der Waals surface area contributed by atoms with Crippen LogP contribution in [0.2, 0.25) is 0 Å². The standard InChI is InChI=1S/C26H22F2N2O5/c1-2-22(24(31)29-23-11-18(25(32)33)20(27)12-21(23)28)30-26(34)35-13-19-16-9-5-3-7-14(16)15-8-4-6-10-17(15)19/h3-12,19,22H,2,13H2,1H3,(H,29,31)(H,30,34)(H,32,33)/t22-/m1/s1. The normalized spacial score (nSPS) is 12.9. The molecular formula is C26H22F2N2O5. The monoisotopic (exact) mass is 480 g/mol. The molecule has 0 aliphatic heterocycles. The largest absolute Gasteiger partial charge is 0.478 e. The zero-order valence-corrected chi connectivity index (χ0v) is 18.7. The Morgan fingerprint density at radius 1 is 0.971 bits per heavy atom. The van der Waals surface area contributed by atoms with Gasteiger partial charge in [-0.3, -0.25) is 4.79 Å². The fraction of sp³-hybridized carbons (Fsp3) is 0.192. The van der Waals surface area contributed by atoms with Crippen LogP contribution < -0.4 is 10.6 Å². The number of benzene rings is 3. The highest BCUT2D eigenvalue weighted by Crippen LogP contribution is 2.44. The first-order valence-electron chi connectivity index (χ1n) is 10.9. The summed E-state index contributed by atoms with van der Waals surface area (Å²) in [6.07, 6.45) is -0.690. The third kappa shape index (κ3) is 4.84. The molecule has 1 aliphatic rings. The van der Waals surface area contributed by atoms with E-state index >= 15 is 0 Å². The first-order chi connectivity index (χ1) is 16.8. The summed E-state index contributed by atoms with van der Waals surface area (Å²) in [7, 11) is 0. The Balaban J connectivity index is 1.41. The van der Waals surface area contributed by atoms with Crippen LogP contribution in [-0.2, 0) is 9.53 Å². The van der Waals surface area contributed by atoms with Crippen molar-refractivity contribution in [3.05, 3.63) is 89.0 Å². The minimum atomic E-state index is -1.61. The Morgan fingerprint density at radius 2 is 1.57 bits per heavy atom. The van der Waals surface area contributed by atoms with Crippen LogP contribution in [0.25, 0.3) is 11.1 Å². The third-order valence-electron chi connectivity index (χ3n) is 5.91. The van der Waals surface area contributed by atoms with E-state index in [1.165, 1.54) is 0 Å².